The minimum Gasteiger partial charge on any atom is -0.394 e. The maximum atomic E-state index is 13.9. The molecule has 5 rings (SSSR count). The molecule has 190 valence electrons. The number of anilines is 1. The summed E-state index contributed by atoms with van der Waals surface area (Å²) in [5.41, 5.74) is 1.54. The standard InChI is InChI=1S/C26H27BrClN3O4S/c1-14(13-32)31-22(24(34)30-17-9-7-16(28)8-10-17)26-11-18(27)21(36-26)19(20(26)25(31)35)23(33)29-12-15-5-3-2-4-6-15/h2-10,14,18-22,32H,11-13H2,1H3,(H,29,33)(H,30,34)/t14-,18?,19+,20+,21+,22?,26?/m1/s1. The maximum Gasteiger partial charge on any atom is 0.248 e. The number of alkyl halides is 1. The molecule has 3 fully saturated rings. The Morgan fingerprint density at radius 2 is 1.89 bits per heavy atom. The minimum absolute atomic E-state index is 0.0192. The minimum atomic E-state index is -0.824. The second-order valence-electron chi connectivity index (χ2n) is 9.64. The number of thioether (sulfide) groups is 1. The van der Waals surface area contributed by atoms with Crippen molar-refractivity contribution in [2.45, 2.75) is 46.8 Å². The normalized spacial score (nSPS) is 31.3. The molecule has 3 amide bonds. The van der Waals surface area contributed by atoms with Crippen LogP contribution in [-0.2, 0) is 20.9 Å². The highest BCUT2D eigenvalue weighted by Gasteiger charge is 2.76. The molecule has 2 aromatic carbocycles. The summed E-state index contributed by atoms with van der Waals surface area (Å²) in [6.07, 6.45) is 0.578. The van der Waals surface area contributed by atoms with Gasteiger partial charge in [-0.15, -0.1) is 11.8 Å². The third-order valence-corrected chi connectivity index (χ3v) is 10.9. The van der Waals surface area contributed by atoms with Crippen LogP contribution < -0.4 is 10.6 Å². The molecule has 3 heterocycles. The Hall–Kier alpha value is -2.07. The van der Waals surface area contributed by atoms with Crippen LogP contribution >= 0.6 is 39.3 Å². The number of hydrogen-bond donors (Lipinski definition) is 3. The molecule has 3 aliphatic rings. The van der Waals surface area contributed by atoms with Gasteiger partial charge < -0.3 is 20.6 Å². The van der Waals surface area contributed by atoms with E-state index >= 15 is 0 Å². The average Bonchev–Trinajstić information content (AvgIpc) is 3.47. The largest absolute Gasteiger partial charge is 0.394 e. The number of likely N-dealkylation sites (tertiary alicyclic amines) is 1. The van der Waals surface area contributed by atoms with Gasteiger partial charge in [0, 0.05) is 27.3 Å². The number of hydrogen-bond acceptors (Lipinski definition) is 5. The van der Waals surface area contributed by atoms with Crippen molar-refractivity contribution in [1.29, 1.82) is 0 Å². The van der Waals surface area contributed by atoms with Gasteiger partial charge in [0.2, 0.25) is 17.7 Å². The van der Waals surface area contributed by atoms with Gasteiger partial charge in [-0.3, -0.25) is 14.4 Å². The third kappa shape index (κ3) is 4.23. The number of halogens is 2. The van der Waals surface area contributed by atoms with E-state index in [1.165, 1.54) is 4.90 Å². The van der Waals surface area contributed by atoms with Crippen LogP contribution in [0.4, 0.5) is 5.69 Å². The molecule has 0 radical (unpaired) electrons. The Morgan fingerprint density at radius 3 is 2.56 bits per heavy atom. The van der Waals surface area contributed by atoms with Crippen LogP contribution in [0.5, 0.6) is 0 Å². The van der Waals surface area contributed by atoms with Gasteiger partial charge in [-0.05, 0) is 43.2 Å². The Morgan fingerprint density at radius 1 is 1.19 bits per heavy atom. The fourth-order valence-corrected chi connectivity index (χ4v) is 9.60. The molecule has 1 spiro atoms. The third-order valence-electron chi connectivity index (χ3n) is 7.44. The van der Waals surface area contributed by atoms with Crippen molar-refractivity contribution in [2.24, 2.45) is 11.8 Å². The van der Waals surface area contributed by atoms with Gasteiger partial charge in [-0.1, -0.05) is 57.9 Å². The molecule has 3 aliphatic heterocycles. The van der Waals surface area contributed by atoms with Crippen LogP contribution in [0.2, 0.25) is 5.02 Å². The topological polar surface area (TPSA) is 98.7 Å². The van der Waals surface area contributed by atoms with E-state index in [4.69, 9.17) is 11.6 Å². The summed E-state index contributed by atoms with van der Waals surface area (Å²) in [7, 11) is 0. The Bertz CT molecular complexity index is 1170. The van der Waals surface area contributed by atoms with Gasteiger partial charge >= 0.3 is 0 Å². The molecular formula is C26H27BrClN3O4S. The summed E-state index contributed by atoms with van der Waals surface area (Å²) in [6.45, 7) is 1.81. The number of rotatable bonds is 7. The Labute approximate surface area is 227 Å². The molecule has 2 aromatic rings. The van der Waals surface area contributed by atoms with Crippen molar-refractivity contribution in [3.05, 3.63) is 65.2 Å². The van der Waals surface area contributed by atoms with Gasteiger partial charge in [-0.25, -0.2) is 0 Å². The van der Waals surface area contributed by atoms with E-state index in [1.54, 1.807) is 43.0 Å². The van der Waals surface area contributed by atoms with Crippen molar-refractivity contribution in [2.75, 3.05) is 11.9 Å². The number of carbonyl (C=O) groups is 3. The lowest BCUT2D eigenvalue weighted by Gasteiger charge is -2.36. The molecule has 2 bridgehead atoms. The first-order chi connectivity index (χ1) is 17.3. The number of carbonyl (C=O) groups excluding carboxylic acids is 3. The fourth-order valence-electron chi connectivity index (χ4n) is 5.88. The number of fused-ring (bicyclic) bond motifs is 1. The summed E-state index contributed by atoms with van der Waals surface area (Å²) in [5.74, 6) is -1.98. The number of aliphatic hydroxyl groups is 1. The van der Waals surface area contributed by atoms with Crippen LogP contribution in [0.15, 0.2) is 54.6 Å². The number of nitrogens with zero attached hydrogens (tertiary/aromatic N) is 1. The number of benzene rings is 2. The zero-order valence-electron chi connectivity index (χ0n) is 19.6. The van der Waals surface area contributed by atoms with Crippen LogP contribution in [0.3, 0.4) is 0 Å². The van der Waals surface area contributed by atoms with Crippen LogP contribution in [0.25, 0.3) is 0 Å². The van der Waals surface area contributed by atoms with E-state index in [0.29, 0.717) is 23.7 Å². The molecule has 7 atom stereocenters. The highest BCUT2D eigenvalue weighted by Crippen LogP contribution is 2.68. The van der Waals surface area contributed by atoms with Crippen LogP contribution in [0.1, 0.15) is 18.9 Å². The van der Waals surface area contributed by atoms with Crippen LogP contribution in [-0.4, -0.2) is 61.2 Å². The molecule has 3 saturated heterocycles. The van der Waals surface area contributed by atoms with Crippen molar-refractivity contribution in [1.82, 2.24) is 10.2 Å². The molecule has 10 heteroatoms. The monoisotopic (exact) mass is 591 g/mol. The van der Waals surface area contributed by atoms with E-state index in [1.807, 2.05) is 30.3 Å². The van der Waals surface area contributed by atoms with Crippen LogP contribution in [0, 0.1) is 11.8 Å². The highest BCUT2D eigenvalue weighted by molar-refractivity contribution is 9.09. The molecule has 7 nitrogen and oxygen atoms in total. The maximum absolute atomic E-state index is 13.9. The lowest BCUT2D eigenvalue weighted by atomic mass is 9.70. The van der Waals surface area contributed by atoms with Gasteiger partial charge in [-0.2, -0.15) is 0 Å². The van der Waals surface area contributed by atoms with E-state index < -0.39 is 28.7 Å². The van der Waals surface area contributed by atoms with Crippen molar-refractivity contribution in [3.8, 4) is 0 Å². The van der Waals surface area contributed by atoms with E-state index in [0.717, 1.165) is 5.56 Å². The van der Waals surface area contributed by atoms with Gasteiger partial charge in [0.25, 0.3) is 0 Å². The number of aliphatic hydroxyl groups excluding tert-OH is 1. The second-order valence-corrected chi connectivity index (χ2v) is 12.8. The Balaban J connectivity index is 1.46. The van der Waals surface area contributed by atoms with E-state index in [9.17, 15) is 19.5 Å². The molecule has 0 aromatic heterocycles. The summed E-state index contributed by atoms with van der Waals surface area (Å²) in [4.78, 5) is 42.6. The molecule has 3 unspecified atom stereocenters. The predicted octanol–water partition coefficient (Wildman–Crippen LogP) is 3.44. The average molecular weight is 593 g/mol. The summed E-state index contributed by atoms with van der Waals surface area (Å²) >= 11 is 11.3. The predicted molar refractivity (Wildman–Crippen MR) is 144 cm³/mol. The van der Waals surface area contributed by atoms with Gasteiger partial charge in [0.15, 0.2) is 0 Å². The zero-order valence-corrected chi connectivity index (χ0v) is 22.7. The molecule has 3 N–H and O–H groups in total. The van der Waals surface area contributed by atoms with Crippen molar-refractivity contribution >= 4 is 62.7 Å². The lowest BCUT2D eigenvalue weighted by molar-refractivity contribution is -0.141. The van der Waals surface area contributed by atoms with Crippen molar-refractivity contribution in [3.63, 3.8) is 0 Å². The highest BCUT2D eigenvalue weighted by atomic mass is 79.9. The molecule has 36 heavy (non-hydrogen) atoms. The van der Waals surface area contributed by atoms with Gasteiger partial charge in [0.1, 0.15) is 6.04 Å². The zero-order chi connectivity index (χ0) is 25.6. The summed E-state index contributed by atoms with van der Waals surface area (Å²) in [5, 5.41) is 16.3. The fraction of sp³-hybridized carbons (Fsp3) is 0.423. The number of amides is 3. The lowest BCUT2D eigenvalue weighted by Crippen LogP contribution is -2.54. The van der Waals surface area contributed by atoms with Crippen molar-refractivity contribution < 1.29 is 19.5 Å². The van der Waals surface area contributed by atoms with E-state index in [-0.39, 0.29) is 34.4 Å². The van der Waals surface area contributed by atoms with Gasteiger partial charge in [0.05, 0.1) is 29.2 Å². The Kier molecular flexibility index (Phi) is 7.11. The van der Waals surface area contributed by atoms with E-state index in [2.05, 4.69) is 26.6 Å². The first-order valence-electron chi connectivity index (χ1n) is 11.9. The smallest absolute Gasteiger partial charge is 0.248 e. The molecule has 0 saturated carbocycles. The molecular weight excluding hydrogens is 566 g/mol. The number of nitrogens with one attached hydrogen (secondary N) is 2. The SMILES string of the molecule is C[C@H](CO)N1C(=O)[C@@H]2[C@H](C(=O)NCc3ccccc3)[C@H]3SC2(CC3Br)C1C(=O)Nc1ccc(Cl)cc1. The molecule has 0 aliphatic carbocycles. The second kappa shape index (κ2) is 10.0. The summed E-state index contributed by atoms with van der Waals surface area (Å²) < 4.78 is -0.773. The first kappa shape index (κ1) is 25.6. The quantitative estimate of drug-likeness (QED) is 0.428. The first-order valence-corrected chi connectivity index (χ1v) is 14.1. The summed E-state index contributed by atoms with van der Waals surface area (Å²) in [6, 6.07) is 15.0.